The van der Waals surface area contributed by atoms with E-state index in [1.54, 1.807) is 12.1 Å². The molecular weight excluding hydrogens is 372 g/mol. The van der Waals surface area contributed by atoms with Gasteiger partial charge in [0.1, 0.15) is 5.75 Å². The number of ether oxygens (including phenoxy) is 1. The Hall–Kier alpha value is -1.51. The molecule has 0 unspecified atom stereocenters. The summed E-state index contributed by atoms with van der Waals surface area (Å²) in [5.74, 6) is -0.0278. The second-order valence-corrected chi connectivity index (χ2v) is 10.7. The monoisotopic (exact) mass is 418 g/mol. The molecule has 0 bridgehead atoms. The molecule has 0 amide bonds. The number of phenolic OH excluding ortho intramolecular Hbond substituents is 1. The second kappa shape index (κ2) is 12.4. The lowest BCUT2D eigenvalue weighted by atomic mass is 9.72. The fourth-order valence-corrected chi connectivity index (χ4v) is 4.13. The molecule has 1 aromatic carbocycles. The van der Waals surface area contributed by atoms with Crippen LogP contribution in [0.3, 0.4) is 0 Å². The molecule has 0 aromatic heterocycles. The Labute approximate surface area is 185 Å². The van der Waals surface area contributed by atoms with E-state index in [2.05, 4.69) is 48.5 Å². The number of unbranched alkanes of at least 4 members (excludes halogenated alkanes) is 9. The van der Waals surface area contributed by atoms with Gasteiger partial charge in [-0.2, -0.15) is 0 Å². The van der Waals surface area contributed by atoms with Gasteiger partial charge >= 0.3 is 5.97 Å². The van der Waals surface area contributed by atoms with Crippen molar-refractivity contribution in [3.8, 4) is 5.75 Å². The summed E-state index contributed by atoms with van der Waals surface area (Å²) in [5.41, 5.74) is 1.77. The summed E-state index contributed by atoms with van der Waals surface area (Å²) in [6.07, 6.45) is 12.6. The number of aromatic hydroxyl groups is 1. The highest BCUT2D eigenvalue weighted by Gasteiger charge is 2.32. The van der Waals surface area contributed by atoms with Crippen molar-refractivity contribution in [1.29, 1.82) is 0 Å². The van der Waals surface area contributed by atoms with Gasteiger partial charge in [-0.15, -0.1) is 0 Å². The van der Waals surface area contributed by atoms with Crippen LogP contribution < -0.4 is 0 Å². The quantitative estimate of drug-likeness (QED) is 0.276. The van der Waals surface area contributed by atoms with Gasteiger partial charge in [0.15, 0.2) is 0 Å². The molecule has 0 radical (unpaired) electrons. The number of hydrogen-bond donors (Lipinski definition) is 1. The second-order valence-electron chi connectivity index (χ2n) is 10.7. The minimum atomic E-state index is -0.277. The number of esters is 1. The van der Waals surface area contributed by atoms with Crippen molar-refractivity contribution in [3.05, 3.63) is 28.8 Å². The minimum absolute atomic E-state index is 0.249. The molecule has 0 aliphatic rings. The third kappa shape index (κ3) is 8.70. The van der Waals surface area contributed by atoms with Crippen molar-refractivity contribution in [1.82, 2.24) is 0 Å². The van der Waals surface area contributed by atoms with Crippen LogP contribution in [0.15, 0.2) is 12.1 Å². The van der Waals surface area contributed by atoms with Gasteiger partial charge in [0.25, 0.3) is 0 Å². The van der Waals surface area contributed by atoms with E-state index in [0.717, 1.165) is 24.0 Å². The molecule has 0 aliphatic carbocycles. The smallest absolute Gasteiger partial charge is 0.338 e. The van der Waals surface area contributed by atoms with Crippen LogP contribution in [-0.2, 0) is 15.6 Å². The molecule has 1 aromatic rings. The average Bonchev–Trinajstić information content (AvgIpc) is 2.63. The summed E-state index contributed by atoms with van der Waals surface area (Å²) in [6.45, 7) is 15.2. The first kappa shape index (κ1) is 26.5. The minimum Gasteiger partial charge on any atom is -0.508 e. The third-order valence-electron chi connectivity index (χ3n) is 5.63. The lowest BCUT2D eigenvalue weighted by molar-refractivity contribution is 0.0494. The molecule has 172 valence electrons. The molecule has 0 heterocycles. The first-order valence-corrected chi connectivity index (χ1v) is 12.0. The van der Waals surface area contributed by atoms with Crippen LogP contribution in [0.1, 0.15) is 134 Å². The Balaban J connectivity index is 2.57. The van der Waals surface area contributed by atoms with E-state index in [4.69, 9.17) is 4.74 Å². The van der Waals surface area contributed by atoms with Crippen LogP contribution in [0.2, 0.25) is 0 Å². The Morgan fingerprint density at radius 2 is 1.23 bits per heavy atom. The van der Waals surface area contributed by atoms with Crippen molar-refractivity contribution < 1.29 is 14.6 Å². The van der Waals surface area contributed by atoms with Gasteiger partial charge in [0.2, 0.25) is 0 Å². The highest BCUT2D eigenvalue weighted by molar-refractivity contribution is 5.92. The summed E-state index contributed by atoms with van der Waals surface area (Å²) < 4.78 is 5.62. The molecule has 3 heteroatoms. The number of hydrogen-bond acceptors (Lipinski definition) is 3. The largest absolute Gasteiger partial charge is 0.508 e. The van der Waals surface area contributed by atoms with Gasteiger partial charge < -0.3 is 9.84 Å². The maximum Gasteiger partial charge on any atom is 0.338 e. The van der Waals surface area contributed by atoms with E-state index < -0.39 is 0 Å². The Morgan fingerprint density at radius 1 is 0.767 bits per heavy atom. The van der Waals surface area contributed by atoms with Crippen LogP contribution in [-0.4, -0.2) is 17.7 Å². The van der Waals surface area contributed by atoms with Gasteiger partial charge in [-0.3, -0.25) is 0 Å². The highest BCUT2D eigenvalue weighted by atomic mass is 16.5. The van der Waals surface area contributed by atoms with Crippen molar-refractivity contribution >= 4 is 5.97 Å². The lowest BCUT2D eigenvalue weighted by Gasteiger charge is -2.32. The Bertz CT molecular complexity index is 647. The highest BCUT2D eigenvalue weighted by Crippen LogP contribution is 2.41. The van der Waals surface area contributed by atoms with E-state index in [-0.39, 0.29) is 22.5 Å². The maximum absolute atomic E-state index is 12.9. The molecule has 0 fully saturated rings. The summed E-state index contributed by atoms with van der Waals surface area (Å²) in [5, 5.41) is 10.5. The predicted molar refractivity (Wildman–Crippen MR) is 128 cm³/mol. The number of carbonyl (C=O) groups is 1. The van der Waals surface area contributed by atoms with Crippen LogP contribution in [0.25, 0.3) is 0 Å². The fraction of sp³-hybridized carbons (Fsp3) is 0.741. The maximum atomic E-state index is 12.9. The predicted octanol–water partition coefficient (Wildman–Crippen LogP) is 8.06. The fourth-order valence-electron chi connectivity index (χ4n) is 4.13. The molecular formula is C27H46O3. The average molecular weight is 419 g/mol. The number of carbonyl (C=O) groups excluding carboxylic acids is 1. The van der Waals surface area contributed by atoms with Crippen LogP contribution in [0.4, 0.5) is 0 Å². The molecule has 3 nitrogen and oxygen atoms in total. The van der Waals surface area contributed by atoms with Crippen LogP contribution in [0, 0.1) is 0 Å². The number of phenols is 1. The summed E-state index contributed by atoms with van der Waals surface area (Å²) in [6, 6.07) is 3.35. The van der Waals surface area contributed by atoms with Gasteiger partial charge in [0, 0.05) is 5.56 Å². The topological polar surface area (TPSA) is 46.5 Å². The van der Waals surface area contributed by atoms with Crippen LogP contribution >= 0.6 is 0 Å². The Kier molecular flexibility index (Phi) is 10.9. The first-order valence-electron chi connectivity index (χ1n) is 12.0. The van der Waals surface area contributed by atoms with Gasteiger partial charge in [-0.05, 0) is 34.9 Å². The standard InChI is InChI=1S/C27H46O3/c1-8-9-10-11-12-13-14-15-16-17-20-30-25(29)21-18-19-22(28)24(27(5,6)7)23(21)26(2,3)4/h18-19,28H,8-17,20H2,1-7H3. The molecule has 1 rings (SSSR count). The van der Waals surface area contributed by atoms with Crippen molar-refractivity contribution in [2.24, 2.45) is 0 Å². The van der Waals surface area contributed by atoms with E-state index >= 15 is 0 Å². The summed E-state index contributed by atoms with van der Waals surface area (Å²) in [7, 11) is 0. The van der Waals surface area contributed by atoms with E-state index in [1.165, 1.54) is 51.4 Å². The normalized spacial score (nSPS) is 12.2. The van der Waals surface area contributed by atoms with Crippen LogP contribution in [0.5, 0.6) is 5.75 Å². The number of benzene rings is 1. The molecule has 1 N–H and O–H groups in total. The van der Waals surface area contributed by atoms with E-state index in [9.17, 15) is 9.90 Å². The zero-order chi connectivity index (χ0) is 22.8. The Morgan fingerprint density at radius 3 is 1.70 bits per heavy atom. The molecule has 30 heavy (non-hydrogen) atoms. The third-order valence-corrected chi connectivity index (χ3v) is 5.63. The zero-order valence-corrected chi connectivity index (χ0v) is 20.7. The molecule has 0 saturated heterocycles. The van der Waals surface area contributed by atoms with E-state index in [1.807, 2.05) is 0 Å². The van der Waals surface area contributed by atoms with Crippen molar-refractivity contribution in [2.75, 3.05) is 6.61 Å². The molecule has 0 atom stereocenters. The summed E-state index contributed by atoms with van der Waals surface area (Å²) in [4.78, 5) is 12.9. The SMILES string of the molecule is CCCCCCCCCCCCOC(=O)c1ccc(O)c(C(C)(C)C)c1C(C)(C)C. The lowest BCUT2D eigenvalue weighted by Crippen LogP contribution is -2.26. The number of rotatable bonds is 12. The summed E-state index contributed by atoms with van der Waals surface area (Å²) >= 11 is 0. The van der Waals surface area contributed by atoms with Gasteiger partial charge in [0.05, 0.1) is 12.2 Å². The molecule has 0 spiro atoms. The van der Waals surface area contributed by atoms with Crippen molar-refractivity contribution in [3.63, 3.8) is 0 Å². The van der Waals surface area contributed by atoms with Crippen molar-refractivity contribution in [2.45, 2.75) is 124 Å². The molecule has 0 saturated carbocycles. The zero-order valence-electron chi connectivity index (χ0n) is 20.7. The van der Waals surface area contributed by atoms with E-state index in [0.29, 0.717) is 12.2 Å². The van der Waals surface area contributed by atoms with Gasteiger partial charge in [-0.25, -0.2) is 4.79 Å². The van der Waals surface area contributed by atoms with Gasteiger partial charge in [-0.1, -0.05) is 106 Å². The molecule has 0 aliphatic heterocycles. The first-order chi connectivity index (χ1) is 14.0.